The standard InChI is InChI=1S/C7H12O2.C3H4O2/c1-4-6(3)7(8)9-5-2;1-2-3(4)5/h3-5H2,1-2H3;2H,1H2,(H,4,5). The van der Waals surface area contributed by atoms with Crippen molar-refractivity contribution in [2.75, 3.05) is 6.61 Å². The molecule has 0 saturated carbocycles. The molecule has 0 aliphatic rings. The molecule has 0 rings (SSSR count). The van der Waals surface area contributed by atoms with E-state index >= 15 is 0 Å². The van der Waals surface area contributed by atoms with Crippen molar-refractivity contribution in [1.82, 2.24) is 0 Å². The molecule has 0 fully saturated rings. The molecule has 0 aliphatic heterocycles. The molecule has 0 aromatic heterocycles. The maximum atomic E-state index is 10.7. The zero-order valence-electron chi connectivity index (χ0n) is 8.58. The van der Waals surface area contributed by atoms with E-state index < -0.39 is 5.97 Å². The van der Waals surface area contributed by atoms with Crippen LogP contribution in [0.4, 0.5) is 0 Å². The minimum absolute atomic E-state index is 0.278. The SMILES string of the molecule is C=C(CC)C(=O)OCC.C=CC(=O)O. The molecule has 0 amide bonds. The van der Waals surface area contributed by atoms with Gasteiger partial charge in [-0.1, -0.05) is 20.1 Å². The number of rotatable bonds is 4. The van der Waals surface area contributed by atoms with Gasteiger partial charge in [-0.15, -0.1) is 0 Å². The molecule has 0 aromatic carbocycles. The van der Waals surface area contributed by atoms with Crippen LogP contribution in [0.15, 0.2) is 24.8 Å². The monoisotopic (exact) mass is 200 g/mol. The fourth-order valence-electron chi connectivity index (χ4n) is 0.377. The number of hydrogen-bond acceptors (Lipinski definition) is 3. The molecule has 0 aliphatic carbocycles. The third kappa shape index (κ3) is 10.4. The summed E-state index contributed by atoms with van der Waals surface area (Å²) >= 11 is 0. The Hall–Kier alpha value is -1.58. The van der Waals surface area contributed by atoms with E-state index in [0.717, 1.165) is 6.08 Å². The lowest BCUT2D eigenvalue weighted by molar-refractivity contribution is -0.138. The molecular weight excluding hydrogens is 184 g/mol. The van der Waals surface area contributed by atoms with Gasteiger partial charge < -0.3 is 9.84 Å². The van der Waals surface area contributed by atoms with E-state index in [2.05, 4.69) is 17.9 Å². The van der Waals surface area contributed by atoms with Crippen LogP contribution in [0.3, 0.4) is 0 Å². The van der Waals surface area contributed by atoms with Crippen LogP contribution < -0.4 is 0 Å². The molecule has 0 spiro atoms. The van der Waals surface area contributed by atoms with Crippen molar-refractivity contribution >= 4 is 11.9 Å². The Kier molecular flexibility index (Phi) is 10.1. The van der Waals surface area contributed by atoms with Gasteiger partial charge in [0.1, 0.15) is 0 Å². The molecule has 4 heteroatoms. The molecule has 0 bridgehead atoms. The van der Waals surface area contributed by atoms with E-state index in [0.29, 0.717) is 18.6 Å². The molecule has 0 atom stereocenters. The summed E-state index contributed by atoms with van der Waals surface area (Å²) in [4.78, 5) is 19.9. The third-order valence-electron chi connectivity index (χ3n) is 1.17. The number of aliphatic carboxylic acids is 1. The Morgan fingerprint density at radius 3 is 2.07 bits per heavy atom. The molecule has 80 valence electrons. The lowest BCUT2D eigenvalue weighted by Crippen LogP contribution is -2.05. The Labute approximate surface area is 83.9 Å². The molecule has 14 heavy (non-hydrogen) atoms. The van der Waals surface area contributed by atoms with Crippen molar-refractivity contribution in [3.63, 3.8) is 0 Å². The van der Waals surface area contributed by atoms with E-state index in [1.165, 1.54) is 0 Å². The molecule has 4 nitrogen and oxygen atoms in total. The smallest absolute Gasteiger partial charge is 0.333 e. The number of hydrogen-bond donors (Lipinski definition) is 1. The zero-order valence-corrected chi connectivity index (χ0v) is 8.58. The van der Waals surface area contributed by atoms with Gasteiger partial charge >= 0.3 is 11.9 Å². The highest BCUT2D eigenvalue weighted by Crippen LogP contribution is 1.98. The van der Waals surface area contributed by atoms with Crippen LogP contribution in [0, 0.1) is 0 Å². The number of carbonyl (C=O) groups is 2. The summed E-state index contributed by atoms with van der Waals surface area (Å²) in [6.45, 7) is 10.6. The minimum Gasteiger partial charge on any atom is -0.478 e. The van der Waals surface area contributed by atoms with Gasteiger partial charge in [0.25, 0.3) is 0 Å². The largest absolute Gasteiger partial charge is 0.478 e. The Morgan fingerprint density at radius 2 is 1.86 bits per heavy atom. The average Bonchev–Trinajstić information content (AvgIpc) is 2.17. The van der Waals surface area contributed by atoms with E-state index in [1.54, 1.807) is 6.92 Å². The Morgan fingerprint density at radius 1 is 1.43 bits per heavy atom. The lowest BCUT2D eigenvalue weighted by Gasteiger charge is -1.99. The van der Waals surface area contributed by atoms with Gasteiger partial charge in [-0.05, 0) is 13.3 Å². The van der Waals surface area contributed by atoms with Crippen molar-refractivity contribution in [2.24, 2.45) is 0 Å². The molecule has 0 radical (unpaired) electrons. The van der Waals surface area contributed by atoms with Crippen molar-refractivity contribution < 1.29 is 19.4 Å². The van der Waals surface area contributed by atoms with Gasteiger partial charge in [0.05, 0.1) is 6.61 Å². The second-order valence-corrected chi connectivity index (χ2v) is 2.22. The fourth-order valence-corrected chi connectivity index (χ4v) is 0.377. The van der Waals surface area contributed by atoms with Crippen LogP contribution in [0.1, 0.15) is 20.3 Å². The lowest BCUT2D eigenvalue weighted by atomic mass is 10.2. The summed E-state index contributed by atoms with van der Waals surface area (Å²) in [5, 5.41) is 7.60. The molecule has 0 unspecified atom stereocenters. The molecule has 0 aromatic rings. The van der Waals surface area contributed by atoms with Gasteiger partial charge in [-0.3, -0.25) is 0 Å². The number of carboxylic acids is 1. The normalized spacial score (nSPS) is 7.86. The number of carboxylic acid groups (broad SMARTS) is 1. The first-order valence-corrected chi connectivity index (χ1v) is 4.19. The second kappa shape index (κ2) is 9.51. The fraction of sp³-hybridized carbons (Fsp3) is 0.400. The predicted molar refractivity (Wildman–Crippen MR) is 53.9 cm³/mol. The van der Waals surface area contributed by atoms with Gasteiger partial charge in [-0.25, -0.2) is 9.59 Å². The Balaban J connectivity index is 0. The summed E-state index contributed by atoms with van der Waals surface area (Å²) in [5.41, 5.74) is 0.539. The quantitative estimate of drug-likeness (QED) is 0.555. The Bertz CT molecular complexity index is 218. The van der Waals surface area contributed by atoms with Gasteiger partial charge in [0.15, 0.2) is 0 Å². The van der Waals surface area contributed by atoms with Crippen LogP contribution >= 0.6 is 0 Å². The third-order valence-corrected chi connectivity index (χ3v) is 1.17. The molecule has 0 heterocycles. The van der Waals surface area contributed by atoms with Crippen molar-refractivity contribution in [1.29, 1.82) is 0 Å². The summed E-state index contributed by atoms with van der Waals surface area (Å²) in [6.07, 6.45) is 1.50. The van der Waals surface area contributed by atoms with Crippen molar-refractivity contribution in [3.8, 4) is 0 Å². The number of esters is 1. The average molecular weight is 200 g/mol. The second-order valence-electron chi connectivity index (χ2n) is 2.22. The summed E-state index contributed by atoms with van der Waals surface area (Å²) < 4.78 is 4.66. The minimum atomic E-state index is -0.981. The molecular formula is C10H16O4. The van der Waals surface area contributed by atoms with Crippen LogP contribution in [-0.2, 0) is 14.3 Å². The van der Waals surface area contributed by atoms with Crippen LogP contribution in [-0.4, -0.2) is 23.7 Å². The van der Waals surface area contributed by atoms with Crippen molar-refractivity contribution in [2.45, 2.75) is 20.3 Å². The summed E-state index contributed by atoms with van der Waals surface area (Å²) in [6, 6.07) is 0. The van der Waals surface area contributed by atoms with Gasteiger partial charge in [0, 0.05) is 11.6 Å². The zero-order chi connectivity index (χ0) is 11.6. The summed E-state index contributed by atoms with van der Waals surface area (Å²) in [7, 11) is 0. The molecule has 0 saturated heterocycles. The first kappa shape index (κ1) is 14.9. The maximum absolute atomic E-state index is 10.7. The van der Waals surface area contributed by atoms with E-state index in [4.69, 9.17) is 5.11 Å². The van der Waals surface area contributed by atoms with E-state index in [9.17, 15) is 9.59 Å². The highest BCUT2D eigenvalue weighted by Gasteiger charge is 2.02. The van der Waals surface area contributed by atoms with Crippen molar-refractivity contribution in [3.05, 3.63) is 24.8 Å². The van der Waals surface area contributed by atoms with Gasteiger partial charge in [-0.2, -0.15) is 0 Å². The van der Waals surface area contributed by atoms with E-state index in [-0.39, 0.29) is 5.97 Å². The topological polar surface area (TPSA) is 63.6 Å². The summed E-state index contributed by atoms with van der Waals surface area (Å²) in [5.74, 6) is -1.26. The van der Waals surface area contributed by atoms with Gasteiger partial charge in [0.2, 0.25) is 0 Å². The van der Waals surface area contributed by atoms with Crippen LogP contribution in [0.5, 0.6) is 0 Å². The highest BCUT2D eigenvalue weighted by atomic mass is 16.5. The first-order valence-electron chi connectivity index (χ1n) is 4.19. The number of ether oxygens (including phenoxy) is 1. The molecule has 1 N–H and O–H groups in total. The predicted octanol–water partition coefficient (Wildman–Crippen LogP) is 1.77. The van der Waals surface area contributed by atoms with Crippen LogP contribution in [0.25, 0.3) is 0 Å². The van der Waals surface area contributed by atoms with E-state index in [1.807, 2.05) is 6.92 Å². The highest BCUT2D eigenvalue weighted by molar-refractivity contribution is 5.87. The maximum Gasteiger partial charge on any atom is 0.333 e. The number of carbonyl (C=O) groups excluding carboxylic acids is 1. The van der Waals surface area contributed by atoms with Crippen LogP contribution in [0.2, 0.25) is 0 Å². The first-order chi connectivity index (χ1) is 6.49.